The van der Waals surface area contributed by atoms with Crippen LogP contribution >= 0.6 is 22.6 Å². The molecule has 0 saturated heterocycles. The number of amides is 2. The molecule has 19 heavy (non-hydrogen) atoms. The average molecular weight is 375 g/mol. The molecule has 0 heterocycles. The van der Waals surface area contributed by atoms with E-state index in [1.807, 2.05) is 24.3 Å². The van der Waals surface area contributed by atoms with Gasteiger partial charge in [0.25, 0.3) is 0 Å². The molecule has 1 aromatic carbocycles. The van der Waals surface area contributed by atoms with Gasteiger partial charge in [-0.3, -0.25) is 9.59 Å². The Labute approximate surface area is 127 Å². The molecule has 1 N–H and O–H groups in total. The first-order valence-electron chi connectivity index (χ1n) is 5.83. The van der Waals surface area contributed by atoms with Crippen LogP contribution in [-0.4, -0.2) is 55.8 Å². The standard InChI is InChI=1S/C13H18IN3O2/c1-16(2)13(19)9-17(3)12(18)8-15-11-6-4-10(14)5-7-11/h4-7,15H,8-9H2,1-3H3. The summed E-state index contributed by atoms with van der Waals surface area (Å²) in [5, 5.41) is 3.04. The van der Waals surface area contributed by atoms with Crippen LogP contribution in [0.3, 0.4) is 0 Å². The number of rotatable bonds is 5. The highest BCUT2D eigenvalue weighted by Gasteiger charge is 2.13. The maximum atomic E-state index is 11.8. The van der Waals surface area contributed by atoms with Crippen LogP contribution in [0.15, 0.2) is 24.3 Å². The van der Waals surface area contributed by atoms with E-state index < -0.39 is 0 Å². The van der Waals surface area contributed by atoms with E-state index in [1.54, 1.807) is 21.1 Å². The van der Waals surface area contributed by atoms with Crippen molar-refractivity contribution < 1.29 is 9.59 Å². The summed E-state index contributed by atoms with van der Waals surface area (Å²) in [4.78, 5) is 26.2. The molecule has 6 heteroatoms. The first-order chi connectivity index (χ1) is 8.90. The highest BCUT2D eigenvalue weighted by atomic mass is 127. The second-order valence-electron chi connectivity index (χ2n) is 4.40. The maximum Gasteiger partial charge on any atom is 0.242 e. The second kappa shape index (κ2) is 7.32. The summed E-state index contributed by atoms with van der Waals surface area (Å²) in [6.07, 6.45) is 0. The SMILES string of the molecule is CN(C)C(=O)CN(C)C(=O)CNc1ccc(I)cc1. The van der Waals surface area contributed by atoms with Gasteiger partial charge in [-0.2, -0.15) is 0 Å². The average Bonchev–Trinajstić information content (AvgIpc) is 2.37. The lowest BCUT2D eigenvalue weighted by Gasteiger charge is -2.19. The minimum Gasteiger partial charge on any atom is -0.376 e. The number of benzene rings is 1. The zero-order valence-electron chi connectivity index (χ0n) is 11.3. The molecule has 0 radical (unpaired) electrons. The molecule has 5 nitrogen and oxygen atoms in total. The maximum absolute atomic E-state index is 11.8. The Morgan fingerprint density at radius 1 is 1.11 bits per heavy atom. The van der Waals surface area contributed by atoms with Gasteiger partial charge in [-0.1, -0.05) is 0 Å². The van der Waals surface area contributed by atoms with Gasteiger partial charge in [-0.05, 0) is 46.9 Å². The monoisotopic (exact) mass is 375 g/mol. The molecule has 0 aliphatic heterocycles. The van der Waals surface area contributed by atoms with E-state index in [1.165, 1.54) is 9.80 Å². The molecule has 0 bridgehead atoms. The Balaban J connectivity index is 2.42. The van der Waals surface area contributed by atoms with Crippen molar-refractivity contribution in [2.24, 2.45) is 0 Å². The largest absolute Gasteiger partial charge is 0.376 e. The molecule has 0 aliphatic carbocycles. The van der Waals surface area contributed by atoms with E-state index in [0.29, 0.717) is 0 Å². The van der Waals surface area contributed by atoms with Crippen molar-refractivity contribution >= 4 is 40.1 Å². The quantitative estimate of drug-likeness (QED) is 0.789. The zero-order valence-corrected chi connectivity index (χ0v) is 13.5. The van der Waals surface area contributed by atoms with Gasteiger partial charge in [-0.15, -0.1) is 0 Å². The summed E-state index contributed by atoms with van der Waals surface area (Å²) in [7, 11) is 4.97. The van der Waals surface area contributed by atoms with Crippen LogP contribution in [0.1, 0.15) is 0 Å². The Morgan fingerprint density at radius 2 is 1.68 bits per heavy atom. The Kier molecular flexibility index (Phi) is 6.07. The van der Waals surface area contributed by atoms with E-state index in [9.17, 15) is 9.59 Å². The van der Waals surface area contributed by atoms with E-state index >= 15 is 0 Å². The fourth-order valence-corrected chi connectivity index (χ4v) is 1.67. The predicted molar refractivity (Wildman–Crippen MR) is 84.0 cm³/mol. The van der Waals surface area contributed by atoms with Crippen molar-refractivity contribution in [1.82, 2.24) is 9.80 Å². The lowest BCUT2D eigenvalue weighted by molar-refractivity contribution is -0.137. The van der Waals surface area contributed by atoms with Crippen LogP contribution in [0, 0.1) is 3.57 Å². The van der Waals surface area contributed by atoms with Gasteiger partial charge in [-0.25, -0.2) is 0 Å². The molecule has 0 aliphatic rings. The molecule has 0 atom stereocenters. The summed E-state index contributed by atoms with van der Waals surface area (Å²) in [6.45, 7) is 0.276. The van der Waals surface area contributed by atoms with Gasteiger partial charge < -0.3 is 15.1 Å². The number of anilines is 1. The molecule has 1 rings (SSSR count). The molecular weight excluding hydrogens is 357 g/mol. The Morgan fingerprint density at radius 3 is 2.21 bits per heavy atom. The number of hydrogen-bond acceptors (Lipinski definition) is 3. The molecule has 0 saturated carbocycles. The summed E-state index contributed by atoms with van der Waals surface area (Å²) in [5.41, 5.74) is 0.890. The van der Waals surface area contributed by atoms with Gasteiger partial charge in [0.2, 0.25) is 11.8 Å². The molecule has 0 unspecified atom stereocenters. The van der Waals surface area contributed by atoms with Crippen LogP contribution in [-0.2, 0) is 9.59 Å². The van der Waals surface area contributed by atoms with Crippen molar-refractivity contribution in [3.63, 3.8) is 0 Å². The zero-order chi connectivity index (χ0) is 14.4. The number of likely N-dealkylation sites (N-methyl/N-ethyl adjacent to an activating group) is 2. The van der Waals surface area contributed by atoms with E-state index in [0.717, 1.165) is 9.26 Å². The molecule has 0 aromatic heterocycles. The third-order valence-corrected chi connectivity index (χ3v) is 3.30. The lowest BCUT2D eigenvalue weighted by atomic mass is 10.3. The lowest BCUT2D eigenvalue weighted by Crippen LogP contribution is -2.40. The molecule has 0 spiro atoms. The number of carbonyl (C=O) groups excluding carboxylic acids is 2. The summed E-state index contributed by atoms with van der Waals surface area (Å²) in [5.74, 6) is -0.209. The molecular formula is C13H18IN3O2. The van der Waals surface area contributed by atoms with Crippen LogP contribution in [0.4, 0.5) is 5.69 Å². The Bertz CT molecular complexity index is 446. The highest BCUT2D eigenvalue weighted by Crippen LogP contribution is 2.10. The van der Waals surface area contributed by atoms with Gasteiger partial charge in [0.1, 0.15) is 0 Å². The van der Waals surface area contributed by atoms with Crippen molar-refractivity contribution in [2.45, 2.75) is 0 Å². The van der Waals surface area contributed by atoms with Crippen molar-refractivity contribution in [3.8, 4) is 0 Å². The van der Waals surface area contributed by atoms with Crippen molar-refractivity contribution in [2.75, 3.05) is 39.5 Å². The number of hydrogen-bond donors (Lipinski definition) is 1. The topological polar surface area (TPSA) is 52.7 Å². The van der Waals surface area contributed by atoms with Gasteiger partial charge in [0.15, 0.2) is 0 Å². The smallest absolute Gasteiger partial charge is 0.242 e. The predicted octanol–water partition coefficient (Wildman–Crippen LogP) is 1.25. The van der Waals surface area contributed by atoms with E-state index in [4.69, 9.17) is 0 Å². The van der Waals surface area contributed by atoms with Crippen molar-refractivity contribution in [3.05, 3.63) is 27.8 Å². The first-order valence-corrected chi connectivity index (χ1v) is 6.91. The summed E-state index contributed by atoms with van der Waals surface area (Å²) < 4.78 is 1.14. The second-order valence-corrected chi connectivity index (χ2v) is 5.64. The van der Waals surface area contributed by atoms with Gasteiger partial charge in [0, 0.05) is 30.4 Å². The summed E-state index contributed by atoms with van der Waals surface area (Å²) in [6, 6.07) is 7.76. The number of halogens is 1. The van der Waals surface area contributed by atoms with Gasteiger partial charge >= 0.3 is 0 Å². The van der Waals surface area contributed by atoms with Crippen LogP contribution in [0.5, 0.6) is 0 Å². The first kappa shape index (κ1) is 15.7. The molecule has 0 fully saturated rings. The third kappa shape index (κ3) is 5.46. The van der Waals surface area contributed by atoms with Gasteiger partial charge in [0.05, 0.1) is 13.1 Å². The minimum absolute atomic E-state index is 0.0925. The normalized spacial score (nSPS) is 9.89. The minimum atomic E-state index is -0.117. The van der Waals surface area contributed by atoms with E-state index in [2.05, 4.69) is 27.9 Å². The number of carbonyl (C=O) groups is 2. The number of nitrogens with one attached hydrogen (secondary N) is 1. The fourth-order valence-electron chi connectivity index (χ4n) is 1.31. The van der Waals surface area contributed by atoms with Crippen LogP contribution in [0.2, 0.25) is 0 Å². The summed E-state index contributed by atoms with van der Waals surface area (Å²) >= 11 is 2.22. The van der Waals surface area contributed by atoms with Crippen molar-refractivity contribution in [1.29, 1.82) is 0 Å². The fraction of sp³-hybridized carbons (Fsp3) is 0.385. The molecule has 104 valence electrons. The number of nitrogens with zero attached hydrogens (tertiary/aromatic N) is 2. The van der Waals surface area contributed by atoms with Crippen LogP contribution < -0.4 is 5.32 Å². The molecule has 1 aromatic rings. The molecule has 2 amide bonds. The third-order valence-electron chi connectivity index (χ3n) is 2.58. The van der Waals surface area contributed by atoms with E-state index in [-0.39, 0.29) is 24.9 Å². The Hall–Kier alpha value is -1.31. The highest BCUT2D eigenvalue weighted by molar-refractivity contribution is 14.1. The van der Waals surface area contributed by atoms with Crippen LogP contribution in [0.25, 0.3) is 0 Å².